The number of halogens is 1. The highest BCUT2D eigenvalue weighted by molar-refractivity contribution is 9.10. The number of ether oxygens (including phenoxy) is 1. The number of benzene rings is 2. The Labute approximate surface area is 160 Å². The maximum absolute atomic E-state index is 12.2. The van der Waals surface area contributed by atoms with Gasteiger partial charge < -0.3 is 10.1 Å². The second-order valence-electron chi connectivity index (χ2n) is 5.36. The van der Waals surface area contributed by atoms with Gasteiger partial charge >= 0.3 is 5.97 Å². The molecule has 0 fully saturated rings. The van der Waals surface area contributed by atoms with Crippen molar-refractivity contribution < 1.29 is 22.7 Å². The van der Waals surface area contributed by atoms with Crippen LogP contribution in [0.15, 0.2) is 53.0 Å². The lowest BCUT2D eigenvalue weighted by molar-refractivity contribution is -0.114. The van der Waals surface area contributed by atoms with Gasteiger partial charge in [-0.05, 0) is 48.5 Å². The van der Waals surface area contributed by atoms with Crippen molar-refractivity contribution in [3.05, 3.63) is 58.6 Å². The molecule has 0 saturated carbocycles. The average Bonchev–Trinajstić information content (AvgIpc) is 2.60. The first-order valence-electron chi connectivity index (χ1n) is 7.42. The van der Waals surface area contributed by atoms with E-state index in [2.05, 4.69) is 26.0 Å². The molecule has 0 bridgehead atoms. The molecule has 2 rings (SSSR count). The van der Waals surface area contributed by atoms with Crippen LogP contribution in [0.1, 0.15) is 10.4 Å². The summed E-state index contributed by atoms with van der Waals surface area (Å²) in [7, 11) is -2.45. The second-order valence-corrected chi connectivity index (χ2v) is 8.19. The predicted octanol–water partition coefficient (Wildman–Crippen LogP) is 2.64. The van der Waals surface area contributed by atoms with E-state index in [4.69, 9.17) is 0 Å². The van der Waals surface area contributed by atoms with E-state index in [0.717, 1.165) is 15.0 Å². The normalized spacial score (nSPS) is 10.9. The van der Waals surface area contributed by atoms with Crippen molar-refractivity contribution in [1.82, 2.24) is 0 Å². The van der Waals surface area contributed by atoms with Crippen molar-refractivity contribution in [2.45, 2.75) is 0 Å². The van der Waals surface area contributed by atoms with Gasteiger partial charge in [-0.2, -0.15) is 0 Å². The Bertz CT molecular complexity index is 896. The minimum atomic E-state index is -3.70. The topological polar surface area (TPSA) is 92.8 Å². The van der Waals surface area contributed by atoms with Gasteiger partial charge in [0.2, 0.25) is 15.9 Å². The van der Waals surface area contributed by atoms with E-state index in [1.54, 1.807) is 24.3 Å². The standard InChI is InChI=1S/C17H17BrN2O5S/c1-25-17(22)12-3-9-15(10-4-12)20(26(2,23)24)11-16(21)19-14-7-5-13(18)6-8-14/h3-10H,11H2,1-2H3,(H,19,21). The SMILES string of the molecule is COC(=O)c1ccc(N(CC(=O)Nc2ccc(Br)cc2)S(C)(=O)=O)cc1. The third-order valence-corrected chi connectivity index (χ3v) is 5.06. The average molecular weight is 441 g/mol. The monoisotopic (exact) mass is 440 g/mol. The number of amides is 1. The van der Waals surface area contributed by atoms with Gasteiger partial charge in [-0.1, -0.05) is 15.9 Å². The van der Waals surface area contributed by atoms with Crippen LogP contribution in [0.3, 0.4) is 0 Å². The number of carbonyl (C=O) groups is 2. The Morgan fingerprint density at radius 2 is 1.65 bits per heavy atom. The lowest BCUT2D eigenvalue weighted by atomic mass is 10.2. The van der Waals surface area contributed by atoms with Gasteiger partial charge in [0.15, 0.2) is 0 Å². The third-order valence-electron chi connectivity index (χ3n) is 3.39. The van der Waals surface area contributed by atoms with Gasteiger partial charge in [-0.15, -0.1) is 0 Å². The quantitative estimate of drug-likeness (QED) is 0.696. The first kappa shape index (κ1) is 19.9. The zero-order valence-electron chi connectivity index (χ0n) is 14.1. The molecule has 0 atom stereocenters. The highest BCUT2D eigenvalue weighted by Gasteiger charge is 2.21. The molecular formula is C17H17BrN2O5S. The first-order chi connectivity index (χ1) is 12.2. The predicted molar refractivity (Wildman–Crippen MR) is 103 cm³/mol. The van der Waals surface area contributed by atoms with Crippen LogP contribution in [0.25, 0.3) is 0 Å². The fourth-order valence-corrected chi connectivity index (χ4v) is 3.27. The number of esters is 1. The van der Waals surface area contributed by atoms with E-state index in [1.165, 1.54) is 31.4 Å². The van der Waals surface area contributed by atoms with Crippen LogP contribution in [-0.4, -0.2) is 40.2 Å². The van der Waals surface area contributed by atoms with Crippen LogP contribution in [-0.2, 0) is 19.6 Å². The van der Waals surface area contributed by atoms with Crippen LogP contribution in [0.4, 0.5) is 11.4 Å². The fourth-order valence-electron chi connectivity index (χ4n) is 2.15. The smallest absolute Gasteiger partial charge is 0.337 e. The summed E-state index contributed by atoms with van der Waals surface area (Å²) in [5.41, 5.74) is 1.10. The van der Waals surface area contributed by atoms with Gasteiger partial charge in [-0.3, -0.25) is 9.10 Å². The third kappa shape index (κ3) is 5.30. The molecule has 2 aromatic rings. The van der Waals surface area contributed by atoms with E-state index in [9.17, 15) is 18.0 Å². The molecular weight excluding hydrogens is 424 g/mol. The van der Waals surface area contributed by atoms with E-state index in [0.29, 0.717) is 5.69 Å². The molecule has 9 heteroatoms. The molecule has 0 saturated heterocycles. The Balaban J connectivity index is 2.18. The summed E-state index contributed by atoms with van der Waals surface area (Å²) in [5.74, 6) is -1.02. The number of anilines is 2. The highest BCUT2D eigenvalue weighted by Crippen LogP contribution is 2.19. The van der Waals surface area contributed by atoms with Crippen LogP contribution in [0.2, 0.25) is 0 Å². The maximum atomic E-state index is 12.2. The minimum absolute atomic E-state index is 0.270. The molecule has 0 unspecified atom stereocenters. The maximum Gasteiger partial charge on any atom is 0.337 e. The van der Waals surface area contributed by atoms with Crippen molar-refractivity contribution in [2.24, 2.45) is 0 Å². The van der Waals surface area contributed by atoms with E-state index < -0.39 is 28.4 Å². The van der Waals surface area contributed by atoms with Crippen molar-refractivity contribution in [3.63, 3.8) is 0 Å². The molecule has 7 nitrogen and oxygen atoms in total. The zero-order chi connectivity index (χ0) is 19.3. The molecule has 0 radical (unpaired) electrons. The van der Waals surface area contributed by atoms with Gasteiger partial charge in [0.1, 0.15) is 6.54 Å². The summed E-state index contributed by atoms with van der Waals surface area (Å²) in [6.07, 6.45) is 1.01. The number of methoxy groups -OCH3 is 1. The molecule has 0 aliphatic carbocycles. The molecule has 0 heterocycles. The van der Waals surface area contributed by atoms with Crippen LogP contribution >= 0.6 is 15.9 Å². The summed E-state index contributed by atoms with van der Waals surface area (Å²) < 4.78 is 30.6. The Morgan fingerprint density at radius 3 is 2.15 bits per heavy atom. The molecule has 2 aromatic carbocycles. The summed E-state index contributed by atoms with van der Waals surface area (Å²) in [6.45, 7) is -0.396. The van der Waals surface area contributed by atoms with Gasteiger partial charge in [0, 0.05) is 10.2 Å². The molecule has 0 aliphatic rings. The van der Waals surface area contributed by atoms with Gasteiger partial charge in [0.25, 0.3) is 0 Å². The molecule has 26 heavy (non-hydrogen) atoms. The Kier molecular flexibility index (Phi) is 6.38. The van der Waals surface area contributed by atoms with Gasteiger partial charge in [0.05, 0.1) is 24.6 Å². The number of nitrogens with one attached hydrogen (secondary N) is 1. The number of sulfonamides is 1. The number of nitrogens with zero attached hydrogens (tertiary/aromatic N) is 1. The minimum Gasteiger partial charge on any atom is -0.465 e. The van der Waals surface area contributed by atoms with E-state index in [-0.39, 0.29) is 11.3 Å². The zero-order valence-corrected chi connectivity index (χ0v) is 16.5. The largest absolute Gasteiger partial charge is 0.465 e. The number of carbonyl (C=O) groups excluding carboxylic acids is 2. The Morgan fingerprint density at radius 1 is 1.08 bits per heavy atom. The van der Waals surface area contributed by atoms with Crippen LogP contribution in [0.5, 0.6) is 0 Å². The summed E-state index contributed by atoms with van der Waals surface area (Å²) in [5, 5.41) is 2.64. The van der Waals surface area contributed by atoms with E-state index in [1.807, 2.05) is 0 Å². The number of rotatable bonds is 6. The second kappa shape index (κ2) is 8.33. The summed E-state index contributed by atoms with van der Waals surface area (Å²) >= 11 is 3.30. The lowest BCUT2D eigenvalue weighted by Crippen LogP contribution is -2.37. The van der Waals surface area contributed by atoms with E-state index >= 15 is 0 Å². The molecule has 138 valence electrons. The molecule has 0 aromatic heterocycles. The fraction of sp³-hybridized carbons (Fsp3) is 0.176. The van der Waals surface area contributed by atoms with Crippen molar-refractivity contribution in [2.75, 3.05) is 29.5 Å². The molecule has 0 spiro atoms. The van der Waals surface area contributed by atoms with Gasteiger partial charge in [-0.25, -0.2) is 13.2 Å². The Hall–Kier alpha value is -2.39. The van der Waals surface area contributed by atoms with Crippen LogP contribution < -0.4 is 9.62 Å². The lowest BCUT2D eigenvalue weighted by Gasteiger charge is -2.22. The van der Waals surface area contributed by atoms with Crippen molar-refractivity contribution in [1.29, 1.82) is 0 Å². The number of hydrogen-bond donors (Lipinski definition) is 1. The molecule has 0 aliphatic heterocycles. The molecule has 1 amide bonds. The van der Waals surface area contributed by atoms with Crippen molar-refractivity contribution in [3.8, 4) is 0 Å². The summed E-state index contributed by atoms with van der Waals surface area (Å²) in [6, 6.07) is 12.7. The summed E-state index contributed by atoms with van der Waals surface area (Å²) in [4.78, 5) is 23.7. The van der Waals surface area contributed by atoms with Crippen LogP contribution in [0, 0.1) is 0 Å². The molecule has 1 N–H and O–H groups in total. The highest BCUT2D eigenvalue weighted by atomic mass is 79.9. The van der Waals surface area contributed by atoms with Crippen molar-refractivity contribution >= 4 is 49.2 Å². The number of hydrogen-bond acceptors (Lipinski definition) is 5. The first-order valence-corrected chi connectivity index (χ1v) is 10.1.